The zero-order valence-electron chi connectivity index (χ0n) is 11.9. The molecule has 0 spiro atoms. The van der Waals surface area contributed by atoms with Gasteiger partial charge in [0.1, 0.15) is 0 Å². The monoisotopic (exact) mass is 272 g/mol. The number of carbonyl (C=O) groups is 1. The number of likely N-dealkylation sites (N-methyl/N-ethyl adjacent to an activating group) is 1. The van der Waals surface area contributed by atoms with Crippen LogP contribution in [0.4, 0.5) is 5.69 Å². The molecule has 5 nitrogen and oxygen atoms in total. The summed E-state index contributed by atoms with van der Waals surface area (Å²) >= 11 is 0. The van der Waals surface area contributed by atoms with Gasteiger partial charge < -0.3 is 10.6 Å². The number of carbonyl (C=O) groups excluding carboxylic acids is 1. The first kappa shape index (κ1) is 14.1. The number of aromatic nitrogens is 2. The number of nitrogen functional groups attached to an aromatic ring is 1. The molecule has 2 aromatic rings. The Morgan fingerprint density at radius 2 is 2.05 bits per heavy atom. The van der Waals surface area contributed by atoms with Crippen molar-refractivity contribution in [1.82, 2.24) is 14.7 Å². The van der Waals surface area contributed by atoms with Gasteiger partial charge in [-0.1, -0.05) is 30.3 Å². The van der Waals surface area contributed by atoms with Crippen LogP contribution in [0, 0.1) is 0 Å². The number of rotatable bonds is 5. The minimum absolute atomic E-state index is 0.134. The van der Waals surface area contributed by atoms with Gasteiger partial charge in [0.25, 0.3) is 5.91 Å². The van der Waals surface area contributed by atoms with Gasteiger partial charge in [0.2, 0.25) is 0 Å². The van der Waals surface area contributed by atoms with Crippen molar-refractivity contribution in [1.29, 1.82) is 0 Å². The first-order chi connectivity index (χ1) is 9.61. The van der Waals surface area contributed by atoms with Gasteiger partial charge in [-0.25, -0.2) is 0 Å². The highest BCUT2D eigenvalue weighted by Gasteiger charge is 2.18. The third-order valence-electron chi connectivity index (χ3n) is 3.24. The van der Waals surface area contributed by atoms with Crippen LogP contribution in [0.2, 0.25) is 0 Å². The Hall–Kier alpha value is -2.30. The van der Waals surface area contributed by atoms with Crippen LogP contribution in [0.3, 0.4) is 0 Å². The lowest BCUT2D eigenvalue weighted by Gasteiger charge is -2.16. The van der Waals surface area contributed by atoms with Gasteiger partial charge in [0.15, 0.2) is 5.69 Å². The predicted molar refractivity (Wildman–Crippen MR) is 79.4 cm³/mol. The highest BCUT2D eigenvalue weighted by Crippen LogP contribution is 2.12. The van der Waals surface area contributed by atoms with Crippen LogP contribution in [0.15, 0.2) is 36.5 Å². The number of hydrogen-bond donors (Lipinski definition) is 1. The molecular formula is C15H20N4O. The Morgan fingerprint density at radius 1 is 1.35 bits per heavy atom. The summed E-state index contributed by atoms with van der Waals surface area (Å²) in [7, 11) is 1.77. The van der Waals surface area contributed by atoms with Crippen LogP contribution in [0.25, 0.3) is 0 Å². The Balaban J connectivity index is 1.99. The standard InChI is InChI=1S/C15H20N4O/c1-3-19-11-13(16)14(17-19)15(20)18(2)10-9-12-7-5-4-6-8-12/h4-8,11H,3,9-10,16H2,1-2H3. The van der Waals surface area contributed by atoms with Crippen molar-refractivity contribution >= 4 is 11.6 Å². The van der Waals surface area contributed by atoms with Crippen LogP contribution in [-0.4, -0.2) is 34.2 Å². The zero-order chi connectivity index (χ0) is 14.5. The molecular weight excluding hydrogens is 252 g/mol. The van der Waals surface area contributed by atoms with E-state index in [0.717, 1.165) is 6.42 Å². The van der Waals surface area contributed by atoms with Crippen molar-refractivity contribution in [2.45, 2.75) is 19.9 Å². The number of nitrogens with zero attached hydrogens (tertiary/aromatic N) is 3. The fraction of sp³-hybridized carbons (Fsp3) is 0.333. The molecule has 1 aromatic heterocycles. The smallest absolute Gasteiger partial charge is 0.276 e. The second kappa shape index (κ2) is 6.23. The number of aryl methyl sites for hydroxylation is 1. The van der Waals surface area contributed by atoms with Crippen molar-refractivity contribution in [3.63, 3.8) is 0 Å². The summed E-state index contributed by atoms with van der Waals surface area (Å²) in [6.45, 7) is 3.30. The minimum Gasteiger partial charge on any atom is -0.396 e. The minimum atomic E-state index is -0.134. The fourth-order valence-corrected chi connectivity index (χ4v) is 1.99. The molecule has 20 heavy (non-hydrogen) atoms. The van der Waals surface area contributed by atoms with Crippen molar-refractivity contribution in [2.24, 2.45) is 0 Å². The molecule has 0 aliphatic carbocycles. The van der Waals surface area contributed by atoms with Gasteiger partial charge in [-0.3, -0.25) is 9.48 Å². The van der Waals surface area contributed by atoms with Crippen LogP contribution >= 0.6 is 0 Å². The highest BCUT2D eigenvalue weighted by molar-refractivity contribution is 5.96. The van der Waals surface area contributed by atoms with Crippen LogP contribution in [0.1, 0.15) is 23.0 Å². The van der Waals surface area contributed by atoms with Gasteiger partial charge in [-0.2, -0.15) is 5.10 Å². The lowest BCUT2D eigenvalue weighted by molar-refractivity contribution is 0.0791. The highest BCUT2D eigenvalue weighted by atomic mass is 16.2. The molecule has 0 saturated heterocycles. The van der Waals surface area contributed by atoms with Gasteiger partial charge in [-0.15, -0.1) is 0 Å². The maximum absolute atomic E-state index is 12.3. The second-order valence-electron chi connectivity index (χ2n) is 4.75. The van der Waals surface area contributed by atoms with E-state index in [-0.39, 0.29) is 5.91 Å². The number of anilines is 1. The van der Waals surface area contributed by atoms with E-state index in [0.29, 0.717) is 24.5 Å². The van der Waals surface area contributed by atoms with E-state index in [2.05, 4.69) is 17.2 Å². The molecule has 1 heterocycles. The number of hydrogen-bond acceptors (Lipinski definition) is 3. The third kappa shape index (κ3) is 3.17. The normalized spacial score (nSPS) is 10.5. The van der Waals surface area contributed by atoms with Crippen LogP contribution < -0.4 is 5.73 Å². The lowest BCUT2D eigenvalue weighted by atomic mass is 10.1. The molecule has 0 atom stereocenters. The van der Waals surface area contributed by atoms with Crippen molar-refractivity contribution < 1.29 is 4.79 Å². The molecule has 5 heteroatoms. The summed E-state index contributed by atoms with van der Waals surface area (Å²) in [5, 5.41) is 4.20. The average Bonchev–Trinajstić information content (AvgIpc) is 2.86. The predicted octanol–water partition coefficient (Wildman–Crippen LogP) is 1.80. The Morgan fingerprint density at radius 3 is 2.65 bits per heavy atom. The van der Waals surface area contributed by atoms with Crippen molar-refractivity contribution in [3.05, 3.63) is 47.8 Å². The molecule has 106 valence electrons. The maximum atomic E-state index is 12.3. The summed E-state index contributed by atoms with van der Waals surface area (Å²) < 4.78 is 1.67. The largest absolute Gasteiger partial charge is 0.396 e. The molecule has 0 aliphatic rings. The quantitative estimate of drug-likeness (QED) is 0.902. The second-order valence-corrected chi connectivity index (χ2v) is 4.75. The van der Waals surface area contributed by atoms with E-state index in [1.54, 1.807) is 22.8 Å². The first-order valence-corrected chi connectivity index (χ1v) is 6.74. The molecule has 2 N–H and O–H groups in total. The number of benzene rings is 1. The lowest BCUT2D eigenvalue weighted by Crippen LogP contribution is -2.29. The third-order valence-corrected chi connectivity index (χ3v) is 3.24. The summed E-state index contributed by atoms with van der Waals surface area (Å²) in [6, 6.07) is 10.1. The summed E-state index contributed by atoms with van der Waals surface area (Å²) in [5.41, 5.74) is 7.81. The Bertz CT molecular complexity index is 577. The molecule has 0 aliphatic heterocycles. The molecule has 2 rings (SSSR count). The first-order valence-electron chi connectivity index (χ1n) is 6.74. The van der Waals surface area contributed by atoms with Crippen molar-refractivity contribution in [2.75, 3.05) is 19.3 Å². The zero-order valence-corrected chi connectivity index (χ0v) is 11.9. The maximum Gasteiger partial charge on any atom is 0.276 e. The molecule has 0 radical (unpaired) electrons. The van der Waals surface area contributed by atoms with Crippen LogP contribution in [-0.2, 0) is 13.0 Å². The molecule has 0 saturated carbocycles. The number of amides is 1. The SMILES string of the molecule is CCn1cc(N)c(C(=O)N(C)CCc2ccccc2)n1. The van der Waals surface area contributed by atoms with Crippen LogP contribution in [0.5, 0.6) is 0 Å². The topological polar surface area (TPSA) is 64.2 Å². The average molecular weight is 272 g/mol. The molecule has 0 unspecified atom stereocenters. The van der Waals surface area contributed by atoms with Gasteiger partial charge in [0.05, 0.1) is 5.69 Å². The molecule has 1 amide bonds. The summed E-state index contributed by atoms with van der Waals surface area (Å²) in [6.07, 6.45) is 2.51. The van der Waals surface area contributed by atoms with E-state index < -0.39 is 0 Å². The molecule has 1 aromatic carbocycles. The van der Waals surface area contributed by atoms with E-state index in [1.165, 1.54) is 5.56 Å². The molecule has 0 bridgehead atoms. The molecule has 0 fully saturated rings. The number of nitrogens with two attached hydrogens (primary N) is 1. The van der Waals surface area contributed by atoms with Gasteiger partial charge in [-0.05, 0) is 18.9 Å². The van der Waals surface area contributed by atoms with E-state index in [1.807, 2.05) is 25.1 Å². The van der Waals surface area contributed by atoms with E-state index >= 15 is 0 Å². The van der Waals surface area contributed by atoms with E-state index in [9.17, 15) is 4.79 Å². The summed E-state index contributed by atoms with van der Waals surface area (Å²) in [5.74, 6) is -0.134. The van der Waals surface area contributed by atoms with Gasteiger partial charge >= 0.3 is 0 Å². The Kier molecular flexibility index (Phi) is 4.40. The van der Waals surface area contributed by atoms with Gasteiger partial charge in [0, 0.05) is 26.3 Å². The Labute approximate surface area is 119 Å². The fourth-order valence-electron chi connectivity index (χ4n) is 1.99. The van der Waals surface area contributed by atoms with E-state index in [4.69, 9.17) is 5.73 Å². The van der Waals surface area contributed by atoms with Crippen molar-refractivity contribution in [3.8, 4) is 0 Å². The summed E-state index contributed by atoms with van der Waals surface area (Å²) in [4.78, 5) is 13.9.